The summed E-state index contributed by atoms with van der Waals surface area (Å²) in [4.78, 5) is 59.1. The van der Waals surface area contributed by atoms with E-state index in [1.54, 1.807) is 0 Å². The lowest BCUT2D eigenvalue weighted by molar-refractivity contribution is -0.125. The van der Waals surface area contributed by atoms with E-state index in [4.69, 9.17) is 9.47 Å². The molecule has 2 heterocycles. The molecule has 160 valence electrons. The van der Waals surface area contributed by atoms with Gasteiger partial charge in [-0.1, -0.05) is 13.8 Å². The molecule has 0 amide bonds. The van der Waals surface area contributed by atoms with Gasteiger partial charge in [-0.25, -0.2) is 19.0 Å². The lowest BCUT2D eigenvalue weighted by Gasteiger charge is -2.07. The predicted octanol–water partition coefficient (Wildman–Crippen LogP) is 0.203. The van der Waals surface area contributed by atoms with Crippen LogP contribution in [0, 0.1) is 0 Å². The van der Waals surface area contributed by atoms with Crippen molar-refractivity contribution in [2.24, 2.45) is 0 Å². The first-order valence-electron chi connectivity index (χ1n) is 9.38. The molecule has 0 radical (unpaired) electrons. The molecule has 0 fully saturated rings. The van der Waals surface area contributed by atoms with Crippen molar-refractivity contribution in [3.05, 3.63) is 56.4 Å². The third-order valence-corrected chi connectivity index (χ3v) is 3.75. The van der Waals surface area contributed by atoms with Gasteiger partial charge in [0.05, 0.1) is 0 Å². The Bertz CT molecular complexity index is 960. The SMILES string of the molecule is CCCn1nc(C(=O)OCC(=O)COC(=O)c2ccc(=O)n(CCC)n2)ccc1=O. The van der Waals surface area contributed by atoms with E-state index in [0.717, 1.165) is 9.36 Å². The van der Waals surface area contributed by atoms with Crippen molar-refractivity contribution < 1.29 is 23.9 Å². The largest absolute Gasteiger partial charge is 0.453 e. The average molecular weight is 418 g/mol. The Kier molecular flexibility index (Phi) is 8.15. The Morgan fingerprint density at radius 1 is 0.767 bits per heavy atom. The first-order valence-corrected chi connectivity index (χ1v) is 9.38. The highest BCUT2D eigenvalue weighted by molar-refractivity contribution is 5.92. The Balaban J connectivity index is 1.88. The minimum atomic E-state index is -0.882. The number of rotatable bonds is 10. The third-order valence-electron chi connectivity index (χ3n) is 3.75. The fourth-order valence-electron chi connectivity index (χ4n) is 2.34. The molecule has 2 aromatic rings. The van der Waals surface area contributed by atoms with Crippen LogP contribution in [0.2, 0.25) is 0 Å². The second kappa shape index (κ2) is 10.8. The molecule has 0 aliphatic rings. The number of ketones is 1. The highest BCUT2D eigenvalue weighted by Crippen LogP contribution is 1.99. The van der Waals surface area contributed by atoms with E-state index in [-0.39, 0.29) is 22.5 Å². The molecule has 0 atom stereocenters. The molecule has 0 aliphatic carbocycles. The van der Waals surface area contributed by atoms with Crippen LogP contribution in [-0.4, -0.2) is 50.5 Å². The number of nitrogens with zero attached hydrogens (tertiary/aromatic N) is 4. The van der Waals surface area contributed by atoms with Crippen LogP contribution in [-0.2, 0) is 27.4 Å². The maximum Gasteiger partial charge on any atom is 0.359 e. The van der Waals surface area contributed by atoms with Gasteiger partial charge in [-0.05, 0) is 25.0 Å². The maximum absolute atomic E-state index is 12.0. The van der Waals surface area contributed by atoms with Crippen molar-refractivity contribution in [1.29, 1.82) is 0 Å². The third kappa shape index (κ3) is 6.19. The Morgan fingerprint density at radius 3 is 1.53 bits per heavy atom. The van der Waals surface area contributed by atoms with Gasteiger partial charge >= 0.3 is 11.9 Å². The smallest absolute Gasteiger partial charge is 0.359 e. The van der Waals surface area contributed by atoms with Crippen molar-refractivity contribution in [2.75, 3.05) is 13.2 Å². The second-order valence-corrected chi connectivity index (χ2v) is 6.25. The monoisotopic (exact) mass is 418 g/mol. The topological polar surface area (TPSA) is 139 Å². The van der Waals surface area contributed by atoms with Crippen molar-refractivity contribution in [3.8, 4) is 0 Å². The predicted molar refractivity (Wildman–Crippen MR) is 103 cm³/mol. The fourth-order valence-corrected chi connectivity index (χ4v) is 2.34. The molecule has 0 saturated carbocycles. The number of carbonyl (C=O) groups is 3. The highest BCUT2D eigenvalue weighted by atomic mass is 16.6. The number of Topliss-reactive ketones (excluding diaryl/α,β-unsaturated/α-hetero) is 1. The van der Waals surface area contributed by atoms with Gasteiger partial charge in [0.15, 0.2) is 24.6 Å². The van der Waals surface area contributed by atoms with Crippen molar-refractivity contribution in [3.63, 3.8) is 0 Å². The molecule has 30 heavy (non-hydrogen) atoms. The van der Waals surface area contributed by atoms with Gasteiger partial charge in [-0.2, -0.15) is 10.2 Å². The normalized spacial score (nSPS) is 10.5. The van der Waals surface area contributed by atoms with Crippen LogP contribution in [0.25, 0.3) is 0 Å². The summed E-state index contributed by atoms with van der Waals surface area (Å²) in [6, 6.07) is 4.79. The van der Waals surface area contributed by atoms with Gasteiger partial charge < -0.3 is 9.47 Å². The van der Waals surface area contributed by atoms with E-state index in [2.05, 4.69) is 10.2 Å². The molecule has 0 N–H and O–H groups in total. The zero-order valence-corrected chi connectivity index (χ0v) is 16.7. The summed E-state index contributed by atoms with van der Waals surface area (Å²) < 4.78 is 12.0. The quantitative estimate of drug-likeness (QED) is 0.495. The van der Waals surface area contributed by atoms with Crippen molar-refractivity contribution >= 4 is 17.7 Å². The Labute approximate surface area is 171 Å². The highest BCUT2D eigenvalue weighted by Gasteiger charge is 2.16. The summed E-state index contributed by atoms with van der Waals surface area (Å²) in [5, 5.41) is 7.76. The van der Waals surface area contributed by atoms with E-state index in [0.29, 0.717) is 25.9 Å². The van der Waals surface area contributed by atoms with E-state index in [1.165, 1.54) is 24.3 Å². The molecule has 0 aliphatic heterocycles. The summed E-state index contributed by atoms with van der Waals surface area (Å²) in [7, 11) is 0. The summed E-state index contributed by atoms with van der Waals surface area (Å²) >= 11 is 0. The van der Waals surface area contributed by atoms with Gasteiger partial charge in [0, 0.05) is 25.2 Å². The zero-order chi connectivity index (χ0) is 22.1. The maximum atomic E-state index is 12.0. The molecular weight excluding hydrogens is 396 g/mol. The van der Waals surface area contributed by atoms with Crippen LogP contribution in [0.5, 0.6) is 0 Å². The molecule has 11 nitrogen and oxygen atoms in total. The van der Waals surface area contributed by atoms with Crippen LogP contribution in [0.4, 0.5) is 0 Å². The first-order chi connectivity index (χ1) is 14.3. The van der Waals surface area contributed by atoms with Crippen molar-refractivity contribution in [1.82, 2.24) is 19.6 Å². The summed E-state index contributed by atoms with van der Waals surface area (Å²) in [5.41, 5.74) is -0.934. The Morgan fingerprint density at radius 2 is 1.17 bits per heavy atom. The number of aryl methyl sites for hydroxylation is 2. The summed E-state index contributed by atoms with van der Waals surface area (Å²) in [6.45, 7) is 3.12. The van der Waals surface area contributed by atoms with Crippen LogP contribution < -0.4 is 11.1 Å². The van der Waals surface area contributed by atoms with E-state index in [1.807, 2.05) is 13.8 Å². The fraction of sp³-hybridized carbons (Fsp3) is 0.421. The number of esters is 2. The van der Waals surface area contributed by atoms with Crippen LogP contribution in [0.15, 0.2) is 33.9 Å². The van der Waals surface area contributed by atoms with Gasteiger partial charge in [-0.15, -0.1) is 0 Å². The molecule has 2 rings (SSSR count). The Hall–Kier alpha value is -3.63. The van der Waals surface area contributed by atoms with E-state index >= 15 is 0 Å². The molecule has 0 unspecified atom stereocenters. The molecule has 0 aromatic carbocycles. The first kappa shape index (κ1) is 22.7. The van der Waals surface area contributed by atoms with Gasteiger partial charge in [-0.3, -0.25) is 14.4 Å². The van der Waals surface area contributed by atoms with E-state index < -0.39 is 30.9 Å². The van der Waals surface area contributed by atoms with Gasteiger partial charge in [0.2, 0.25) is 5.78 Å². The van der Waals surface area contributed by atoms with Crippen molar-refractivity contribution in [2.45, 2.75) is 39.8 Å². The number of aromatic nitrogens is 4. The van der Waals surface area contributed by atoms with Crippen LogP contribution in [0.1, 0.15) is 47.7 Å². The lowest BCUT2D eigenvalue weighted by atomic mass is 10.3. The molecule has 0 spiro atoms. The number of ether oxygens (including phenoxy) is 2. The minimum absolute atomic E-state index is 0.116. The number of carbonyl (C=O) groups excluding carboxylic acids is 3. The summed E-state index contributed by atoms with van der Waals surface area (Å²) in [5.74, 6) is -2.43. The molecular formula is C19H22N4O7. The number of hydrogen-bond donors (Lipinski definition) is 0. The molecule has 11 heteroatoms. The minimum Gasteiger partial charge on any atom is -0.453 e. The summed E-state index contributed by atoms with van der Waals surface area (Å²) in [6.07, 6.45) is 1.31. The lowest BCUT2D eigenvalue weighted by Crippen LogP contribution is -2.27. The van der Waals surface area contributed by atoms with Gasteiger partial charge in [0.1, 0.15) is 0 Å². The molecule has 2 aromatic heterocycles. The molecule has 0 bridgehead atoms. The number of hydrogen-bond acceptors (Lipinski definition) is 9. The van der Waals surface area contributed by atoms with E-state index in [9.17, 15) is 24.0 Å². The second-order valence-electron chi connectivity index (χ2n) is 6.25. The average Bonchev–Trinajstić information content (AvgIpc) is 2.73. The van der Waals surface area contributed by atoms with Gasteiger partial charge in [0.25, 0.3) is 11.1 Å². The standard InChI is InChI=1S/C19H22N4O7/c1-3-9-22-16(25)7-5-14(20-22)18(27)29-11-13(24)12-30-19(28)15-6-8-17(26)23(21-15)10-4-2/h5-8H,3-4,9-12H2,1-2H3. The molecule has 0 saturated heterocycles. The van der Waals surface area contributed by atoms with Crippen LogP contribution >= 0.6 is 0 Å². The zero-order valence-electron chi connectivity index (χ0n) is 16.7. The van der Waals surface area contributed by atoms with Crippen LogP contribution in [0.3, 0.4) is 0 Å².